The van der Waals surface area contributed by atoms with E-state index in [0.29, 0.717) is 36.7 Å². The molecule has 0 unspecified atom stereocenters. The number of hydrogen-bond acceptors (Lipinski definition) is 4. The van der Waals surface area contributed by atoms with Gasteiger partial charge >= 0.3 is 5.69 Å². The molecule has 0 spiro atoms. The third-order valence-corrected chi connectivity index (χ3v) is 3.53. The second kappa shape index (κ2) is 5.85. The van der Waals surface area contributed by atoms with Gasteiger partial charge in [0.2, 0.25) is 0 Å². The molecule has 1 N–H and O–H groups in total. The summed E-state index contributed by atoms with van der Waals surface area (Å²) in [5, 5.41) is 3.03. The lowest BCUT2D eigenvalue weighted by Gasteiger charge is -2.12. The molecular formula is C14H23N5O2. The van der Waals surface area contributed by atoms with E-state index in [1.165, 1.54) is 4.57 Å². The highest BCUT2D eigenvalue weighted by atomic mass is 16.2. The summed E-state index contributed by atoms with van der Waals surface area (Å²) in [5.41, 5.74) is 0.422. The molecule has 0 radical (unpaired) electrons. The monoisotopic (exact) mass is 293 g/mol. The van der Waals surface area contributed by atoms with Crippen molar-refractivity contribution in [1.29, 1.82) is 0 Å². The van der Waals surface area contributed by atoms with E-state index in [-0.39, 0.29) is 11.2 Å². The van der Waals surface area contributed by atoms with Gasteiger partial charge in [-0.3, -0.25) is 13.9 Å². The smallest absolute Gasteiger partial charge is 0.324 e. The molecule has 0 saturated heterocycles. The van der Waals surface area contributed by atoms with E-state index >= 15 is 0 Å². The number of rotatable bonds is 5. The Balaban J connectivity index is 2.90. The number of nitrogens with zero attached hydrogens (tertiary/aromatic N) is 4. The van der Waals surface area contributed by atoms with Crippen molar-refractivity contribution in [3.8, 4) is 0 Å². The lowest BCUT2D eigenvalue weighted by molar-refractivity contribution is 0.491. The summed E-state index contributed by atoms with van der Waals surface area (Å²) < 4.78 is 4.66. The second-order valence-electron chi connectivity index (χ2n) is 5.63. The average molecular weight is 293 g/mol. The maximum absolute atomic E-state index is 12.5. The molecule has 21 heavy (non-hydrogen) atoms. The first-order valence-electron chi connectivity index (χ1n) is 7.25. The van der Waals surface area contributed by atoms with Gasteiger partial charge in [0, 0.05) is 20.1 Å². The molecule has 0 atom stereocenters. The van der Waals surface area contributed by atoms with E-state index in [2.05, 4.69) is 10.3 Å². The van der Waals surface area contributed by atoms with E-state index in [4.69, 9.17) is 0 Å². The molecular weight excluding hydrogens is 270 g/mol. The van der Waals surface area contributed by atoms with Crippen molar-refractivity contribution in [3.05, 3.63) is 26.7 Å². The standard InChI is InChI=1S/C14H23N5O2/c1-6-18-13(20)11-12(16-10(7-15-4)17(11)5)19(14(18)21)8-9(2)3/h9,15H,6-8H2,1-5H3. The molecule has 7 nitrogen and oxygen atoms in total. The maximum atomic E-state index is 12.5. The van der Waals surface area contributed by atoms with Crippen molar-refractivity contribution in [2.75, 3.05) is 7.05 Å². The molecule has 2 heterocycles. The van der Waals surface area contributed by atoms with Crippen LogP contribution in [0.3, 0.4) is 0 Å². The SMILES string of the molecule is CCn1c(=O)c2c(nc(CNC)n2C)n(CC(C)C)c1=O. The van der Waals surface area contributed by atoms with Crippen LogP contribution in [0, 0.1) is 5.92 Å². The van der Waals surface area contributed by atoms with E-state index in [1.54, 1.807) is 16.1 Å². The van der Waals surface area contributed by atoms with Gasteiger partial charge in [-0.05, 0) is 19.9 Å². The predicted octanol–water partition coefficient (Wildman–Crippen LogP) is 0.292. The highest BCUT2D eigenvalue weighted by Crippen LogP contribution is 2.11. The number of hydrogen-bond donors (Lipinski definition) is 1. The number of nitrogens with one attached hydrogen (secondary N) is 1. The molecule has 0 aliphatic carbocycles. The fraction of sp³-hybridized carbons (Fsp3) is 0.643. The molecule has 0 aliphatic rings. The van der Waals surface area contributed by atoms with Gasteiger partial charge in [0.15, 0.2) is 11.2 Å². The molecule has 7 heteroatoms. The second-order valence-corrected chi connectivity index (χ2v) is 5.63. The van der Waals surface area contributed by atoms with Gasteiger partial charge in [-0.25, -0.2) is 9.78 Å². The molecule has 0 fully saturated rings. The van der Waals surface area contributed by atoms with Crippen LogP contribution in [0.5, 0.6) is 0 Å². The van der Waals surface area contributed by atoms with Crippen LogP contribution >= 0.6 is 0 Å². The number of imidazole rings is 1. The molecule has 0 bridgehead atoms. The minimum Gasteiger partial charge on any atom is -0.324 e. The van der Waals surface area contributed by atoms with Crippen LogP contribution in [0.1, 0.15) is 26.6 Å². The minimum absolute atomic E-state index is 0.269. The van der Waals surface area contributed by atoms with Gasteiger partial charge in [-0.2, -0.15) is 0 Å². The first-order chi connectivity index (χ1) is 9.92. The summed E-state index contributed by atoms with van der Waals surface area (Å²) in [4.78, 5) is 29.5. The zero-order valence-electron chi connectivity index (χ0n) is 13.3. The first kappa shape index (κ1) is 15.5. The number of aromatic nitrogens is 4. The van der Waals surface area contributed by atoms with E-state index in [1.807, 2.05) is 27.9 Å². The molecule has 116 valence electrons. The number of fused-ring (bicyclic) bond motifs is 1. The van der Waals surface area contributed by atoms with Crippen LogP contribution in [0.25, 0.3) is 11.2 Å². The molecule has 2 aromatic heterocycles. The van der Waals surface area contributed by atoms with Crippen LogP contribution in [0.4, 0.5) is 0 Å². The highest BCUT2D eigenvalue weighted by molar-refractivity contribution is 5.71. The normalized spacial score (nSPS) is 11.7. The third kappa shape index (κ3) is 2.53. The molecule has 2 aromatic rings. The summed E-state index contributed by atoms with van der Waals surface area (Å²) in [6, 6.07) is 0. The van der Waals surface area contributed by atoms with Gasteiger partial charge in [0.1, 0.15) is 5.82 Å². The fourth-order valence-electron chi connectivity index (χ4n) is 2.53. The molecule has 0 aromatic carbocycles. The molecule has 2 rings (SSSR count). The predicted molar refractivity (Wildman–Crippen MR) is 82.5 cm³/mol. The van der Waals surface area contributed by atoms with Gasteiger partial charge < -0.3 is 9.88 Å². The van der Waals surface area contributed by atoms with Crippen LogP contribution < -0.4 is 16.6 Å². The Labute approximate surface area is 123 Å². The van der Waals surface area contributed by atoms with Gasteiger partial charge in [0.25, 0.3) is 5.56 Å². The van der Waals surface area contributed by atoms with E-state index in [9.17, 15) is 9.59 Å². The van der Waals surface area contributed by atoms with Crippen molar-refractivity contribution < 1.29 is 0 Å². The summed E-state index contributed by atoms with van der Waals surface area (Å²) in [6.07, 6.45) is 0. The van der Waals surface area contributed by atoms with Gasteiger partial charge in [0.05, 0.1) is 6.54 Å². The molecule has 0 saturated carbocycles. The van der Waals surface area contributed by atoms with Crippen molar-refractivity contribution in [1.82, 2.24) is 24.0 Å². The first-order valence-corrected chi connectivity index (χ1v) is 7.25. The Morgan fingerprint density at radius 2 is 1.90 bits per heavy atom. The zero-order valence-corrected chi connectivity index (χ0v) is 13.3. The number of aryl methyl sites for hydroxylation is 1. The largest absolute Gasteiger partial charge is 0.332 e. The van der Waals surface area contributed by atoms with Crippen LogP contribution in [0.2, 0.25) is 0 Å². The Morgan fingerprint density at radius 1 is 1.24 bits per heavy atom. The Bertz CT molecular complexity index is 766. The van der Waals surface area contributed by atoms with Crippen molar-refractivity contribution in [2.24, 2.45) is 13.0 Å². The van der Waals surface area contributed by atoms with Crippen LogP contribution in [-0.2, 0) is 26.7 Å². The fourth-order valence-corrected chi connectivity index (χ4v) is 2.53. The Morgan fingerprint density at radius 3 is 2.43 bits per heavy atom. The van der Waals surface area contributed by atoms with E-state index < -0.39 is 0 Å². The van der Waals surface area contributed by atoms with Gasteiger partial charge in [-0.15, -0.1) is 0 Å². The molecule has 0 aliphatic heterocycles. The highest BCUT2D eigenvalue weighted by Gasteiger charge is 2.19. The lowest BCUT2D eigenvalue weighted by atomic mass is 10.2. The third-order valence-electron chi connectivity index (χ3n) is 3.53. The Kier molecular flexibility index (Phi) is 4.32. The summed E-state index contributed by atoms with van der Waals surface area (Å²) >= 11 is 0. The topological polar surface area (TPSA) is 73.8 Å². The molecule has 0 amide bonds. The van der Waals surface area contributed by atoms with Crippen molar-refractivity contribution >= 4 is 11.2 Å². The minimum atomic E-state index is -0.280. The zero-order chi connectivity index (χ0) is 15.7. The van der Waals surface area contributed by atoms with E-state index in [0.717, 1.165) is 5.82 Å². The summed E-state index contributed by atoms with van der Waals surface area (Å²) in [5.74, 6) is 1.04. The maximum Gasteiger partial charge on any atom is 0.332 e. The average Bonchev–Trinajstić information content (AvgIpc) is 2.73. The summed E-state index contributed by atoms with van der Waals surface area (Å²) in [7, 11) is 3.64. The van der Waals surface area contributed by atoms with Crippen molar-refractivity contribution in [3.63, 3.8) is 0 Å². The van der Waals surface area contributed by atoms with Crippen molar-refractivity contribution in [2.45, 2.75) is 40.4 Å². The Hall–Kier alpha value is -1.89. The van der Waals surface area contributed by atoms with Crippen LogP contribution in [-0.4, -0.2) is 25.7 Å². The lowest BCUT2D eigenvalue weighted by Crippen LogP contribution is -2.40. The van der Waals surface area contributed by atoms with Gasteiger partial charge in [-0.1, -0.05) is 13.8 Å². The van der Waals surface area contributed by atoms with Crippen LogP contribution in [0.15, 0.2) is 9.59 Å². The quantitative estimate of drug-likeness (QED) is 0.860. The summed E-state index contributed by atoms with van der Waals surface area (Å²) in [6.45, 7) is 7.34.